The Hall–Kier alpha value is -3.72. The lowest BCUT2D eigenvalue weighted by Crippen LogP contribution is -2.54. The summed E-state index contributed by atoms with van der Waals surface area (Å²) in [5.41, 5.74) is 0.926. The Bertz CT molecular complexity index is 1070. The highest BCUT2D eigenvalue weighted by Crippen LogP contribution is 2.31. The maximum Gasteiger partial charge on any atom is 0.344 e. The van der Waals surface area contributed by atoms with Gasteiger partial charge in [-0.05, 0) is 62.0 Å². The molecule has 2 aromatic carbocycles. The van der Waals surface area contributed by atoms with E-state index in [9.17, 15) is 14.4 Å². The van der Waals surface area contributed by atoms with Gasteiger partial charge in [0.1, 0.15) is 5.57 Å². The van der Waals surface area contributed by atoms with Crippen molar-refractivity contribution < 1.29 is 29.0 Å². The zero-order valence-corrected chi connectivity index (χ0v) is 17.6. The Labute approximate surface area is 184 Å². The van der Waals surface area contributed by atoms with Crippen LogP contribution >= 0.6 is 12.2 Å². The molecule has 0 radical (unpaired) electrons. The second-order valence-electron chi connectivity index (χ2n) is 6.53. The molecular weight excluding hydrogens is 420 g/mol. The van der Waals surface area contributed by atoms with Gasteiger partial charge in [0, 0.05) is 0 Å². The molecule has 1 heterocycles. The van der Waals surface area contributed by atoms with Crippen LogP contribution in [-0.4, -0.2) is 40.7 Å². The molecular formula is C22H20N2O6S. The number of nitrogens with zero attached hydrogens (tertiary/aromatic N) is 1. The molecule has 2 N–H and O–H groups in total. The SMILES string of the molecule is CCOc1cc(/C=C2\C(=O)NC(=S)N(c3ccccc3)C2=O)ccc1O[C@@H](C)C(=O)O. The molecule has 0 aliphatic carbocycles. The fourth-order valence-corrected chi connectivity index (χ4v) is 3.14. The highest BCUT2D eigenvalue weighted by Gasteiger charge is 2.34. The maximum atomic E-state index is 13.0. The largest absolute Gasteiger partial charge is 0.490 e. The van der Waals surface area contributed by atoms with Gasteiger partial charge in [-0.15, -0.1) is 0 Å². The van der Waals surface area contributed by atoms with Crippen LogP contribution in [0.4, 0.5) is 5.69 Å². The lowest BCUT2D eigenvalue weighted by Gasteiger charge is -2.28. The van der Waals surface area contributed by atoms with E-state index < -0.39 is 23.9 Å². The van der Waals surface area contributed by atoms with Gasteiger partial charge in [0.15, 0.2) is 22.7 Å². The first-order valence-electron chi connectivity index (χ1n) is 9.44. The monoisotopic (exact) mass is 440 g/mol. The van der Waals surface area contributed by atoms with Gasteiger partial charge in [0.25, 0.3) is 11.8 Å². The van der Waals surface area contributed by atoms with Gasteiger partial charge in [-0.3, -0.25) is 19.8 Å². The Morgan fingerprint density at radius 3 is 2.55 bits per heavy atom. The van der Waals surface area contributed by atoms with Crippen LogP contribution in [-0.2, 0) is 14.4 Å². The minimum Gasteiger partial charge on any atom is -0.490 e. The van der Waals surface area contributed by atoms with Crippen molar-refractivity contribution in [1.82, 2.24) is 5.32 Å². The summed E-state index contributed by atoms with van der Waals surface area (Å²) in [5, 5.41) is 11.6. The Morgan fingerprint density at radius 1 is 1.19 bits per heavy atom. The minimum absolute atomic E-state index is 0.000221. The molecule has 1 saturated heterocycles. The summed E-state index contributed by atoms with van der Waals surface area (Å²) in [6, 6.07) is 13.4. The number of carboxylic acid groups (broad SMARTS) is 1. The van der Waals surface area contributed by atoms with E-state index in [1.807, 2.05) is 0 Å². The fourth-order valence-electron chi connectivity index (χ4n) is 2.86. The van der Waals surface area contributed by atoms with Crippen molar-refractivity contribution in [2.24, 2.45) is 0 Å². The number of nitrogens with one attached hydrogen (secondary N) is 1. The molecule has 9 heteroatoms. The van der Waals surface area contributed by atoms with Gasteiger partial charge < -0.3 is 14.6 Å². The van der Waals surface area contributed by atoms with Crippen molar-refractivity contribution >= 4 is 46.9 Å². The van der Waals surface area contributed by atoms with Crippen molar-refractivity contribution in [3.8, 4) is 11.5 Å². The van der Waals surface area contributed by atoms with Gasteiger partial charge in [0.05, 0.1) is 12.3 Å². The zero-order chi connectivity index (χ0) is 22.5. The molecule has 2 amide bonds. The lowest BCUT2D eigenvalue weighted by atomic mass is 10.1. The normalized spacial score (nSPS) is 16.1. The lowest BCUT2D eigenvalue weighted by molar-refractivity contribution is -0.144. The van der Waals surface area contributed by atoms with Gasteiger partial charge in [-0.25, -0.2) is 4.79 Å². The predicted molar refractivity (Wildman–Crippen MR) is 118 cm³/mol. The highest BCUT2D eigenvalue weighted by molar-refractivity contribution is 7.80. The second kappa shape index (κ2) is 9.40. The summed E-state index contributed by atoms with van der Waals surface area (Å²) in [7, 11) is 0. The molecule has 160 valence electrons. The molecule has 1 aliphatic rings. The number of aliphatic carboxylic acids is 1. The third-order valence-corrected chi connectivity index (χ3v) is 4.63. The summed E-state index contributed by atoms with van der Waals surface area (Å²) >= 11 is 5.18. The van der Waals surface area contributed by atoms with Crippen LogP contribution in [0.2, 0.25) is 0 Å². The van der Waals surface area contributed by atoms with Crippen LogP contribution in [0.1, 0.15) is 19.4 Å². The van der Waals surface area contributed by atoms with E-state index in [-0.39, 0.29) is 16.4 Å². The van der Waals surface area contributed by atoms with E-state index in [0.717, 1.165) is 0 Å². The summed E-state index contributed by atoms with van der Waals surface area (Å²) < 4.78 is 11.0. The first kappa shape index (κ1) is 22.0. The van der Waals surface area contributed by atoms with Crippen LogP contribution in [0.3, 0.4) is 0 Å². The number of benzene rings is 2. The summed E-state index contributed by atoms with van der Waals surface area (Å²) in [5.74, 6) is -1.75. The van der Waals surface area contributed by atoms with E-state index in [1.54, 1.807) is 49.4 Å². The smallest absolute Gasteiger partial charge is 0.344 e. The summed E-state index contributed by atoms with van der Waals surface area (Å²) in [6.45, 7) is 3.49. The molecule has 0 aromatic heterocycles. The molecule has 3 rings (SSSR count). The summed E-state index contributed by atoms with van der Waals surface area (Å²) in [6.07, 6.45) is 0.344. The van der Waals surface area contributed by atoms with Gasteiger partial charge in [0.2, 0.25) is 0 Å². The number of anilines is 1. The number of carboxylic acids is 1. The van der Waals surface area contributed by atoms with Crippen molar-refractivity contribution in [3.05, 3.63) is 59.7 Å². The molecule has 8 nitrogen and oxygen atoms in total. The highest BCUT2D eigenvalue weighted by atomic mass is 32.1. The van der Waals surface area contributed by atoms with E-state index in [1.165, 1.54) is 24.0 Å². The van der Waals surface area contributed by atoms with E-state index in [2.05, 4.69) is 5.32 Å². The number of ether oxygens (including phenoxy) is 2. The third kappa shape index (κ3) is 4.89. The molecule has 31 heavy (non-hydrogen) atoms. The van der Waals surface area contributed by atoms with E-state index >= 15 is 0 Å². The molecule has 0 spiro atoms. The number of carbonyl (C=O) groups is 3. The first-order valence-corrected chi connectivity index (χ1v) is 9.85. The van der Waals surface area contributed by atoms with Gasteiger partial charge in [-0.2, -0.15) is 0 Å². The van der Waals surface area contributed by atoms with Crippen LogP contribution < -0.4 is 19.7 Å². The number of rotatable bonds is 7. The maximum absolute atomic E-state index is 13.0. The van der Waals surface area contributed by atoms with E-state index in [4.69, 9.17) is 26.8 Å². The molecule has 0 bridgehead atoms. The molecule has 1 atom stereocenters. The Balaban J connectivity index is 1.96. The Kier molecular flexibility index (Phi) is 6.66. The number of carbonyl (C=O) groups excluding carboxylic acids is 2. The van der Waals surface area contributed by atoms with Crippen molar-refractivity contribution in [2.75, 3.05) is 11.5 Å². The Morgan fingerprint density at radius 2 is 1.90 bits per heavy atom. The molecule has 1 fully saturated rings. The fraction of sp³-hybridized carbons (Fsp3) is 0.182. The topological polar surface area (TPSA) is 105 Å². The van der Waals surface area contributed by atoms with Gasteiger partial charge >= 0.3 is 5.97 Å². The number of hydrogen-bond donors (Lipinski definition) is 2. The quantitative estimate of drug-likeness (QED) is 0.387. The van der Waals surface area contributed by atoms with Crippen LogP contribution in [0.25, 0.3) is 6.08 Å². The van der Waals surface area contributed by atoms with Crippen LogP contribution in [0.5, 0.6) is 11.5 Å². The van der Waals surface area contributed by atoms with Crippen molar-refractivity contribution in [3.63, 3.8) is 0 Å². The predicted octanol–water partition coefficient (Wildman–Crippen LogP) is 2.77. The van der Waals surface area contributed by atoms with Crippen molar-refractivity contribution in [2.45, 2.75) is 20.0 Å². The standard InChI is InChI=1S/C22H20N2O6S/c1-3-29-18-12-14(9-10-17(18)30-13(2)21(27)28)11-16-19(25)23-22(31)24(20(16)26)15-7-5-4-6-8-15/h4-13H,3H2,1-2H3,(H,27,28)(H,23,25,31)/b16-11+/t13-/m0/s1. The molecule has 0 unspecified atom stereocenters. The minimum atomic E-state index is -1.12. The average Bonchev–Trinajstić information content (AvgIpc) is 2.73. The molecule has 0 saturated carbocycles. The molecule has 2 aromatic rings. The third-order valence-electron chi connectivity index (χ3n) is 4.35. The van der Waals surface area contributed by atoms with Crippen LogP contribution in [0.15, 0.2) is 54.1 Å². The van der Waals surface area contributed by atoms with Crippen molar-refractivity contribution in [1.29, 1.82) is 0 Å². The van der Waals surface area contributed by atoms with Crippen LogP contribution in [0, 0.1) is 0 Å². The number of para-hydroxylation sites is 1. The summed E-state index contributed by atoms with van der Waals surface area (Å²) in [4.78, 5) is 37.8. The number of thiocarbonyl (C=S) groups is 1. The van der Waals surface area contributed by atoms with Gasteiger partial charge in [-0.1, -0.05) is 24.3 Å². The zero-order valence-electron chi connectivity index (χ0n) is 16.8. The second-order valence-corrected chi connectivity index (χ2v) is 6.92. The first-order chi connectivity index (χ1) is 14.8. The number of amides is 2. The average molecular weight is 440 g/mol. The molecule has 1 aliphatic heterocycles. The number of hydrogen-bond acceptors (Lipinski definition) is 6. The van der Waals surface area contributed by atoms with E-state index in [0.29, 0.717) is 23.6 Å².